The van der Waals surface area contributed by atoms with Gasteiger partial charge in [-0.2, -0.15) is 0 Å². The van der Waals surface area contributed by atoms with Crippen molar-refractivity contribution < 1.29 is 20.3 Å². The van der Waals surface area contributed by atoms with Crippen LogP contribution in [0.5, 0.6) is 0 Å². The Bertz CT molecular complexity index is 11.7. The Balaban J connectivity index is -0.0000000400. The Morgan fingerprint density at radius 2 is 1.00 bits per heavy atom. The van der Waals surface area contributed by atoms with E-state index >= 15 is 0 Å². The summed E-state index contributed by atoms with van der Waals surface area (Å²) in [7, 11) is 2.14. The minimum Gasteiger partial charge on any atom is -0.724 e. The summed E-state index contributed by atoms with van der Waals surface area (Å²) in [4.78, 5) is 6.00. The second-order valence-corrected chi connectivity index (χ2v) is 0.333. The van der Waals surface area contributed by atoms with Gasteiger partial charge < -0.3 is 20.3 Å². The molecule has 0 bridgehead atoms. The van der Waals surface area contributed by atoms with Gasteiger partial charge in [0.05, 0.1) is 0 Å². The Labute approximate surface area is 79.2 Å². The van der Waals surface area contributed by atoms with Gasteiger partial charge in [-0.3, -0.25) is 0 Å². The summed E-state index contributed by atoms with van der Waals surface area (Å²) in [6.07, 6.45) is 0. The SMILES string of the molecule is CO[O-].CO[O-].[Sr+2]. The topological polar surface area (TPSA) is 64.6 Å². The van der Waals surface area contributed by atoms with Gasteiger partial charge >= 0.3 is 45.5 Å². The van der Waals surface area contributed by atoms with Gasteiger partial charge in [-0.15, -0.1) is 0 Å². The summed E-state index contributed by atoms with van der Waals surface area (Å²) in [5.74, 6) is 0. The average molecular weight is 182 g/mol. The van der Waals surface area contributed by atoms with Gasteiger partial charge in [0.15, 0.2) is 0 Å². The summed E-state index contributed by atoms with van der Waals surface area (Å²) in [6, 6.07) is 0. The quantitative estimate of drug-likeness (QED) is 0.234. The predicted octanol–water partition coefficient (Wildman–Crippen LogP) is -2.56. The van der Waals surface area contributed by atoms with E-state index in [-0.39, 0.29) is 45.5 Å². The van der Waals surface area contributed by atoms with Crippen molar-refractivity contribution in [2.45, 2.75) is 0 Å². The molecule has 0 radical (unpaired) electrons. The molecule has 0 amide bonds. The van der Waals surface area contributed by atoms with E-state index in [0.717, 1.165) is 14.2 Å². The van der Waals surface area contributed by atoms with E-state index in [9.17, 15) is 0 Å². The molecule has 0 aromatic heterocycles. The average Bonchev–Trinajstić information content (AvgIpc) is 1.39. The fourth-order valence-corrected chi connectivity index (χ4v) is 0. The molecule has 0 N–H and O–H groups in total. The van der Waals surface area contributed by atoms with E-state index in [1.165, 1.54) is 0 Å². The Hall–Kier alpha value is 1.32. The van der Waals surface area contributed by atoms with Gasteiger partial charge in [0.25, 0.3) is 0 Å². The monoisotopic (exact) mass is 182 g/mol. The van der Waals surface area contributed by atoms with Crippen LogP contribution in [-0.4, -0.2) is 59.7 Å². The molecule has 4 nitrogen and oxygen atoms in total. The van der Waals surface area contributed by atoms with Crippen molar-refractivity contribution in [1.29, 1.82) is 0 Å². The third-order valence-electron chi connectivity index (χ3n) is 0. The molecular weight excluding hydrogens is 176 g/mol. The zero-order valence-electron chi connectivity index (χ0n) is 4.34. The van der Waals surface area contributed by atoms with E-state index in [2.05, 4.69) is 9.78 Å². The molecule has 7 heavy (non-hydrogen) atoms. The van der Waals surface area contributed by atoms with Crippen molar-refractivity contribution in [2.75, 3.05) is 14.2 Å². The minimum atomic E-state index is 0. The van der Waals surface area contributed by atoms with Crippen LogP contribution in [0.25, 0.3) is 0 Å². The standard InChI is InChI=1S/2CH4O2.Sr/c2*1-3-2;/h2*2H,1H3;/q;;+2/p-2. The fraction of sp³-hybridized carbons (Fsp3) is 1.00. The van der Waals surface area contributed by atoms with Gasteiger partial charge in [0.1, 0.15) is 0 Å². The van der Waals surface area contributed by atoms with Crippen molar-refractivity contribution in [3.63, 3.8) is 0 Å². The largest absolute Gasteiger partial charge is 2.00 e. The molecule has 5 heteroatoms. The van der Waals surface area contributed by atoms with E-state index in [1.807, 2.05) is 0 Å². The fourth-order valence-electron chi connectivity index (χ4n) is 0. The molecule has 0 unspecified atom stereocenters. The summed E-state index contributed by atoms with van der Waals surface area (Å²) in [6.45, 7) is 0. The molecule has 0 heterocycles. The normalized spacial score (nSPS) is 5.14. The van der Waals surface area contributed by atoms with E-state index in [1.54, 1.807) is 0 Å². The predicted molar refractivity (Wildman–Crippen MR) is 19.8 cm³/mol. The van der Waals surface area contributed by atoms with Crippen LogP contribution in [0.1, 0.15) is 0 Å². The van der Waals surface area contributed by atoms with Crippen molar-refractivity contribution in [3.8, 4) is 0 Å². The van der Waals surface area contributed by atoms with Crippen LogP contribution in [-0.2, 0) is 9.78 Å². The smallest absolute Gasteiger partial charge is 0.724 e. The molecule has 0 rings (SSSR count). The first kappa shape index (κ1) is 15.8. The van der Waals surface area contributed by atoms with Crippen LogP contribution in [0.4, 0.5) is 0 Å². The molecule has 0 aliphatic rings. The van der Waals surface area contributed by atoms with Gasteiger partial charge in [-0.1, -0.05) is 0 Å². The Morgan fingerprint density at radius 1 is 1.00 bits per heavy atom. The van der Waals surface area contributed by atoms with Gasteiger partial charge in [0, 0.05) is 14.2 Å². The maximum Gasteiger partial charge on any atom is 2.00 e. The van der Waals surface area contributed by atoms with Crippen molar-refractivity contribution >= 4 is 45.5 Å². The van der Waals surface area contributed by atoms with E-state index < -0.39 is 0 Å². The first-order chi connectivity index (χ1) is 2.83. The van der Waals surface area contributed by atoms with Gasteiger partial charge in [-0.25, -0.2) is 0 Å². The van der Waals surface area contributed by atoms with Crippen molar-refractivity contribution in [1.82, 2.24) is 0 Å². The van der Waals surface area contributed by atoms with Crippen LogP contribution >= 0.6 is 0 Å². The molecule has 0 saturated carbocycles. The maximum absolute atomic E-state index is 8.43. The Kier molecular flexibility index (Phi) is 59.7. The first-order valence-electron chi connectivity index (χ1n) is 1.15. The molecule has 0 aromatic carbocycles. The van der Waals surface area contributed by atoms with Gasteiger partial charge in [0.2, 0.25) is 0 Å². The number of hydrogen-bond donors (Lipinski definition) is 0. The third-order valence-corrected chi connectivity index (χ3v) is 0. The first-order valence-corrected chi connectivity index (χ1v) is 1.15. The molecule has 0 aliphatic carbocycles. The second kappa shape index (κ2) is 26.5. The summed E-state index contributed by atoms with van der Waals surface area (Å²) in [5.41, 5.74) is 0. The number of rotatable bonds is 0. The minimum absolute atomic E-state index is 0. The second-order valence-electron chi connectivity index (χ2n) is 0.333. The van der Waals surface area contributed by atoms with Crippen LogP contribution in [0, 0.1) is 0 Å². The molecule has 40 valence electrons. The summed E-state index contributed by atoms with van der Waals surface area (Å²) in [5, 5.41) is 16.9. The molecule has 0 aliphatic heterocycles. The molecule has 0 atom stereocenters. The van der Waals surface area contributed by atoms with Gasteiger partial charge in [-0.05, 0) is 0 Å². The zero-order chi connectivity index (χ0) is 5.41. The summed E-state index contributed by atoms with van der Waals surface area (Å²) < 4.78 is 0. The van der Waals surface area contributed by atoms with Crippen LogP contribution in [0.15, 0.2) is 0 Å². The molecule has 0 saturated heterocycles. The van der Waals surface area contributed by atoms with Crippen molar-refractivity contribution in [2.24, 2.45) is 0 Å². The molecule has 0 aromatic rings. The molecular formula is C2H6O4Sr. The Morgan fingerprint density at radius 3 is 1.00 bits per heavy atom. The van der Waals surface area contributed by atoms with Crippen LogP contribution < -0.4 is 10.5 Å². The molecule has 0 spiro atoms. The molecule has 0 fully saturated rings. The van der Waals surface area contributed by atoms with Crippen LogP contribution in [0.3, 0.4) is 0 Å². The third kappa shape index (κ3) is 119. The number of hydrogen-bond acceptors (Lipinski definition) is 4. The zero-order valence-corrected chi connectivity index (χ0v) is 7.82. The summed E-state index contributed by atoms with van der Waals surface area (Å²) >= 11 is 0. The maximum atomic E-state index is 8.43. The van der Waals surface area contributed by atoms with E-state index in [4.69, 9.17) is 10.5 Å². The van der Waals surface area contributed by atoms with Crippen LogP contribution in [0.2, 0.25) is 0 Å². The van der Waals surface area contributed by atoms with Crippen molar-refractivity contribution in [3.05, 3.63) is 0 Å². The van der Waals surface area contributed by atoms with E-state index in [0.29, 0.717) is 0 Å².